The lowest BCUT2D eigenvalue weighted by atomic mass is 10.1. The number of ketones is 1. The summed E-state index contributed by atoms with van der Waals surface area (Å²) in [6.45, 7) is 5.01. The van der Waals surface area contributed by atoms with Crippen molar-refractivity contribution in [3.05, 3.63) is 23.8 Å². The van der Waals surface area contributed by atoms with Gasteiger partial charge in [0.15, 0.2) is 23.9 Å². The highest BCUT2D eigenvalue weighted by atomic mass is 16.6. The van der Waals surface area contributed by atoms with Crippen LogP contribution in [0.5, 0.6) is 11.5 Å². The molecule has 1 aromatic carbocycles. The highest BCUT2D eigenvalue weighted by Gasteiger charge is 2.17. The molecule has 0 saturated carbocycles. The number of carbonyl (C=O) groups is 2. The zero-order valence-electron chi connectivity index (χ0n) is 12.8. The first-order valence-electron chi connectivity index (χ1n) is 6.53. The zero-order valence-corrected chi connectivity index (χ0v) is 12.8. The summed E-state index contributed by atoms with van der Waals surface area (Å²) >= 11 is 0. The van der Waals surface area contributed by atoms with Gasteiger partial charge in [0.05, 0.1) is 13.7 Å². The van der Waals surface area contributed by atoms with Crippen LogP contribution in [0.1, 0.15) is 31.1 Å². The summed E-state index contributed by atoms with van der Waals surface area (Å²) in [5.74, 6) is 0.0356. The number of nitrogens with two attached hydrogens (primary N) is 1. The van der Waals surface area contributed by atoms with Crippen molar-refractivity contribution in [3.8, 4) is 11.5 Å². The molecule has 0 fully saturated rings. The van der Waals surface area contributed by atoms with Crippen molar-refractivity contribution in [3.63, 3.8) is 0 Å². The molecule has 0 saturated heterocycles. The Morgan fingerprint density at radius 3 is 2.38 bits per heavy atom. The molecular weight excluding hydrogens is 274 g/mol. The van der Waals surface area contributed by atoms with Gasteiger partial charge in [-0.2, -0.15) is 0 Å². The third-order valence-electron chi connectivity index (χ3n) is 2.44. The number of methoxy groups -OCH3 is 1. The number of carbonyl (C=O) groups excluding carboxylic acids is 2. The van der Waals surface area contributed by atoms with E-state index in [4.69, 9.17) is 19.9 Å². The number of hydrogen-bond acceptors (Lipinski definition) is 6. The zero-order chi connectivity index (χ0) is 16.0. The topological polar surface area (TPSA) is 87.9 Å². The Morgan fingerprint density at radius 2 is 1.86 bits per heavy atom. The van der Waals surface area contributed by atoms with E-state index in [1.165, 1.54) is 13.2 Å². The van der Waals surface area contributed by atoms with Crippen molar-refractivity contribution >= 4 is 11.8 Å². The quantitative estimate of drug-likeness (QED) is 0.633. The molecule has 0 unspecified atom stereocenters. The van der Waals surface area contributed by atoms with Crippen molar-refractivity contribution in [2.45, 2.75) is 26.4 Å². The number of esters is 1. The van der Waals surface area contributed by atoms with Crippen LogP contribution in [0, 0.1) is 0 Å². The first-order valence-corrected chi connectivity index (χ1v) is 6.53. The molecule has 0 aliphatic rings. The molecular formula is C15H21NO5. The van der Waals surface area contributed by atoms with Crippen molar-refractivity contribution < 1.29 is 23.8 Å². The van der Waals surface area contributed by atoms with Crippen LogP contribution in [-0.2, 0) is 9.53 Å². The molecule has 0 aliphatic heterocycles. The Kier molecular flexibility index (Phi) is 5.72. The van der Waals surface area contributed by atoms with E-state index in [2.05, 4.69) is 0 Å². The van der Waals surface area contributed by atoms with E-state index in [1.807, 2.05) is 0 Å². The molecule has 6 nitrogen and oxygen atoms in total. The molecule has 0 aliphatic carbocycles. The summed E-state index contributed by atoms with van der Waals surface area (Å²) in [5.41, 5.74) is 5.17. The summed E-state index contributed by atoms with van der Waals surface area (Å²) < 4.78 is 15.6. The SMILES string of the molecule is COc1cc(C(=O)CN)ccc1OCC(=O)OC(C)(C)C. The first kappa shape index (κ1) is 17.0. The van der Waals surface area contributed by atoms with E-state index in [1.54, 1.807) is 32.9 Å². The van der Waals surface area contributed by atoms with Crippen LogP contribution in [0.25, 0.3) is 0 Å². The molecule has 21 heavy (non-hydrogen) atoms. The summed E-state index contributed by atoms with van der Waals surface area (Å²) in [4.78, 5) is 23.1. The number of hydrogen-bond donors (Lipinski definition) is 1. The maximum absolute atomic E-state index is 11.6. The lowest BCUT2D eigenvalue weighted by molar-refractivity contribution is -0.157. The Balaban J connectivity index is 2.75. The average molecular weight is 295 g/mol. The molecule has 1 aromatic rings. The van der Waals surface area contributed by atoms with Crippen LogP contribution in [0.2, 0.25) is 0 Å². The first-order chi connectivity index (χ1) is 9.76. The molecule has 0 amide bonds. The molecule has 1 rings (SSSR count). The molecule has 6 heteroatoms. The van der Waals surface area contributed by atoms with Gasteiger partial charge in [-0.15, -0.1) is 0 Å². The summed E-state index contributed by atoms with van der Waals surface area (Å²) in [6.07, 6.45) is 0. The van der Waals surface area contributed by atoms with Gasteiger partial charge in [-0.25, -0.2) is 4.79 Å². The van der Waals surface area contributed by atoms with Gasteiger partial charge < -0.3 is 19.9 Å². The molecule has 0 heterocycles. The minimum absolute atomic E-state index is 0.0821. The van der Waals surface area contributed by atoms with Gasteiger partial charge in [0, 0.05) is 5.56 Å². The lowest BCUT2D eigenvalue weighted by Gasteiger charge is -2.19. The smallest absolute Gasteiger partial charge is 0.344 e. The van der Waals surface area contributed by atoms with E-state index in [0.29, 0.717) is 17.1 Å². The van der Waals surface area contributed by atoms with E-state index in [9.17, 15) is 9.59 Å². The number of benzene rings is 1. The minimum Gasteiger partial charge on any atom is -0.493 e. The normalized spacial score (nSPS) is 10.9. The van der Waals surface area contributed by atoms with Crippen molar-refractivity contribution in [1.29, 1.82) is 0 Å². The number of ether oxygens (including phenoxy) is 3. The maximum atomic E-state index is 11.6. The van der Waals surface area contributed by atoms with E-state index < -0.39 is 11.6 Å². The van der Waals surface area contributed by atoms with Gasteiger partial charge in [0.25, 0.3) is 0 Å². The van der Waals surface area contributed by atoms with Crippen LogP contribution in [0.4, 0.5) is 0 Å². The van der Waals surface area contributed by atoms with Crippen LogP contribution in [0.15, 0.2) is 18.2 Å². The molecule has 0 atom stereocenters. The molecule has 0 radical (unpaired) electrons. The van der Waals surface area contributed by atoms with Crippen molar-refractivity contribution in [2.75, 3.05) is 20.3 Å². The van der Waals surface area contributed by atoms with Gasteiger partial charge in [0.2, 0.25) is 0 Å². The predicted octanol–water partition coefficient (Wildman–Crippen LogP) is 1.56. The number of Topliss-reactive ketones (excluding diaryl/α,β-unsaturated/α-hetero) is 1. The monoisotopic (exact) mass is 295 g/mol. The predicted molar refractivity (Wildman–Crippen MR) is 77.7 cm³/mol. The third kappa shape index (κ3) is 5.43. The van der Waals surface area contributed by atoms with E-state index in [-0.39, 0.29) is 18.9 Å². The second-order valence-electron chi connectivity index (χ2n) is 5.37. The minimum atomic E-state index is -0.568. The van der Waals surface area contributed by atoms with Crippen molar-refractivity contribution in [1.82, 2.24) is 0 Å². The highest BCUT2D eigenvalue weighted by Crippen LogP contribution is 2.28. The van der Waals surface area contributed by atoms with Gasteiger partial charge in [0.1, 0.15) is 5.60 Å². The average Bonchev–Trinajstić information content (AvgIpc) is 2.42. The van der Waals surface area contributed by atoms with Gasteiger partial charge >= 0.3 is 5.97 Å². The number of rotatable bonds is 6. The fraction of sp³-hybridized carbons (Fsp3) is 0.467. The lowest BCUT2D eigenvalue weighted by Crippen LogP contribution is -2.27. The largest absolute Gasteiger partial charge is 0.493 e. The molecule has 0 bridgehead atoms. The maximum Gasteiger partial charge on any atom is 0.344 e. The van der Waals surface area contributed by atoms with Crippen LogP contribution >= 0.6 is 0 Å². The second-order valence-corrected chi connectivity index (χ2v) is 5.37. The van der Waals surface area contributed by atoms with E-state index >= 15 is 0 Å². The van der Waals surface area contributed by atoms with Gasteiger partial charge in [-0.05, 0) is 39.0 Å². The molecule has 2 N–H and O–H groups in total. The summed E-state index contributed by atoms with van der Waals surface area (Å²) in [5, 5.41) is 0. The fourth-order valence-corrected chi connectivity index (χ4v) is 1.59. The second kappa shape index (κ2) is 7.08. The van der Waals surface area contributed by atoms with Crippen molar-refractivity contribution in [2.24, 2.45) is 5.73 Å². The Morgan fingerprint density at radius 1 is 1.19 bits per heavy atom. The van der Waals surface area contributed by atoms with Gasteiger partial charge in [-0.3, -0.25) is 4.79 Å². The van der Waals surface area contributed by atoms with E-state index in [0.717, 1.165) is 0 Å². The van der Waals surface area contributed by atoms with Crippen LogP contribution in [-0.4, -0.2) is 37.6 Å². The fourth-order valence-electron chi connectivity index (χ4n) is 1.59. The summed E-state index contributed by atoms with van der Waals surface area (Å²) in [6, 6.07) is 4.66. The Hall–Kier alpha value is -2.08. The van der Waals surface area contributed by atoms with Gasteiger partial charge in [-0.1, -0.05) is 0 Å². The standard InChI is InChI=1S/C15H21NO5/c1-15(2,3)21-14(18)9-20-12-6-5-10(11(17)8-16)7-13(12)19-4/h5-7H,8-9,16H2,1-4H3. The molecule has 0 spiro atoms. The summed E-state index contributed by atoms with van der Waals surface area (Å²) in [7, 11) is 1.45. The molecule has 116 valence electrons. The Labute approximate surface area is 124 Å². The van der Waals surface area contributed by atoms with Crippen LogP contribution in [0.3, 0.4) is 0 Å². The Bertz CT molecular complexity index is 519. The third-order valence-corrected chi connectivity index (χ3v) is 2.44. The highest BCUT2D eigenvalue weighted by molar-refractivity contribution is 5.98. The molecule has 0 aromatic heterocycles. The van der Waals surface area contributed by atoms with Crippen LogP contribution < -0.4 is 15.2 Å².